The Bertz CT molecular complexity index is 220. The minimum absolute atomic E-state index is 0. The van der Waals surface area contributed by atoms with Gasteiger partial charge in [-0.3, -0.25) is 11.1 Å². The van der Waals surface area contributed by atoms with Gasteiger partial charge in [-0.2, -0.15) is 6.08 Å². The molecule has 0 spiro atoms. The van der Waals surface area contributed by atoms with E-state index in [4.69, 9.17) is 5.73 Å². The van der Waals surface area contributed by atoms with Gasteiger partial charge < -0.3 is 20.6 Å². The summed E-state index contributed by atoms with van der Waals surface area (Å²) in [5.74, 6) is 0.606. The quantitative estimate of drug-likeness (QED) is 0.495. The van der Waals surface area contributed by atoms with Gasteiger partial charge in [0, 0.05) is 0 Å². The van der Waals surface area contributed by atoms with Crippen LogP contribution < -0.4 is 5.73 Å². The van der Waals surface area contributed by atoms with Crippen LogP contribution in [0.4, 0.5) is 0 Å². The minimum Gasteiger partial charge on any atom is -0.386 e. The van der Waals surface area contributed by atoms with Gasteiger partial charge in [-0.05, 0) is 0 Å². The molecule has 0 fully saturated rings. The number of hydrogen-bond donors (Lipinski definition) is 1. The van der Waals surface area contributed by atoms with Gasteiger partial charge in [0.15, 0.2) is 0 Å². The second-order valence-corrected chi connectivity index (χ2v) is 2.08. The first kappa shape index (κ1) is 19.0. The van der Waals surface area contributed by atoms with Gasteiger partial charge in [-0.15, -0.1) is 6.42 Å². The Balaban J connectivity index is -0.000000144. The molecule has 1 aliphatic carbocycles. The number of rotatable bonds is 0. The van der Waals surface area contributed by atoms with Gasteiger partial charge in [0.1, 0.15) is 12.2 Å². The van der Waals surface area contributed by atoms with Crippen LogP contribution in [0.2, 0.25) is 0 Å². The van der Waals surface area contributed by atoms with E-state index in [-0.39, 0.29) is 36.6 Å². The van der Waals surface area contributed by atoms with Gasteiger partial charge in [-0.25, -0.2) is 17.1 Å². The second kappa shape index (κ2) is 12.3. The summed E-state index contributed by atoms with van der Waals surface area (Å²) in [5.41, 5.74) is 5.16. The van der Waals surface area contributed by atoms with E-state index in [9.17, 15) is 0 Å². The fourth-order valence-electron chi connectivity index (χ4n) is 0.630. The molecule has 0 bridgehead atoms. The van der Waals surface area contributed by atoms with Crippen LogP contribution in [0.15, 0.2) is 28.2 Å². The molecule has 0 atom stereocenters. The van der Waals surface area contributed by atoms with Crippen molar-refractivity contribution < 1.29 is 21.7 Å². The molecule has 1 aliphatic heterocycles. The van der Waals surface area contributed by atoms with E-state index < -0.39 is 0 Å². The molecule has 1 heterocycles. The number of hydrogen-bond acceptors (Lipinski definition) is 3. The molecule has 0 unspecified atom stereocenters. The summed E-state index contributed by atoms with van der Waals surface area (Å²) in [6.07, 6.45) is 11.5. The van der Waals surface area contributed by atoms with Crippen LogP contribution in [0.25, 0.3) is 0 Å². The van der Waals surface area contributed by atoms with Crippen molar-refractivity contribution in [2.45, 2.75) is 6.42 Å². The Hall–Kier alpha value is -0.666. The van der Waals surface area contributed by atoms with E-state index in [1.807, 2.05) is 12.2 Å². The molecule has 2 N–H and O–H groups in total. The first-order chi connectivity index (χ1) is 5.39. The number of nitrogens with two attached hydrogens (primary N) is 1. The molecule has 1 radical (unpaired) electrons. The van der Waals surface area contributed by atoms with Crippen LogP contribution >= 0.6 is 0 Å². The summed E-state index contributed by atoms with van der Waals surface area (Å²) in [7, 11) is 0. The van der Waals surface area contributed by atoms with Gasteiger partial charge >= 0.3 is 21.7 Å². The molecule has 0 aromatic heterocycles. The third-order valence-corrected chi connectivity index (χ3v) is 1.14. The number of amidine groups is 1. The molecule has 2 rings (SSSR count). The summed E-state index contributed by atoms with van der Waals surface area (Å²) in [4.78, 5) is 7.35. The van der Waals surface area contributed by atoms with Crippen LogP contribution in [0.3, 0.4) is 0 Å². The Morgan fingerprint density at radius 2 is 2.07 bits per heavy atom. The second-order valence-electron chi connectivity index (χ2n) is 2.08. The zero-order valence-corrected chi connectivity index (χ0v) is 10.3. The molecule has 2 aliphatic rings. The van der Waals surface area contributed by atoms with Crippen molar-refractivity contribution in [1.82, 2.24) is 0 Å². The topological polar surface area (TPSA) is 50.7 Å². The molecule has 4 heteroatoms. The summed E-state index contributed by atoms with van der Waals surface area (Å²) in [6, 6.07) is 0. The Labute approximate surface area is 102 Å². The summed E-state index contributed by atoms with van der Waals surface area (Å²) in [5, 5.41) is 0. The fourth-order valence-corrected chi connectivity index (χ4v) is 0.630. The standard InChI is InChI=1S/C5H5.C3H5N3.2CH3.Ti/c1-2-4-5-3-1;4-3-1-5-2-6-3;;;/h1-3H,4H2;2H,1H2,(H2,4,5,6);2*1H3;/q-1;;2*-1;+3. The molecule has 0 saturated heterocycles. The van der Waals surface area contributed by atoms with E-state index in [1.165, 1.54) is 6.34 Å². The van der Waals surface area contributed by atoms with Crippen LogP contribution in [0, 0.1) is 20.9 Å². The molecule has 0 aromatic rings. The van der Waals surface area contributed by atoms with Crippen molar-refractivity contribution in [3.63, 3.8) is 0 Å². The summed E-state index contributed by atoms with van der Waals surface area (Å²) >= 11 is 0. The van der Waals surface area contributed by atoms with E-state index >= 15 is 0 Å². The molecular weight excluding hydrogens is 210 g/mol. The zero-order chi connectivity index (χ0) is 7.94. The van der Waals surface area contributed by atoms with Crippen molar-refractivity contribution in [2.24, 2.45) is 15.7 Å². The normalized spacial score (nSPS) is 14.1. The molecule has 0 amide bonds. The maximum absolute atomic E-state index is 5.16. The first-order valence-corrected chi connectivity index (χ1v) is 3.42. The van der Waals surface area contributed by atoms with Crippen LogP contribution in [-0.4, -0.2) is 18.7 Å². The summed E-state index contributed by atoms with van der Waals surface area (Å²) < 4.78 is 0. The number of allylic oxidation sites excluding steroid dienone is 4. The first-order valence-electron chi connectivity index (χ1n) is 3.42. The van der Waals surface area contributed by atoms with E-state index in [0.29, 0.717) is 12.4 Å². The van der Waals surface area contributed by atoms with E-state index in [0.717, 1.165) is 6.42 Å². The average Bonchev–Trinajstić information content (AvgIpc) is 2.57. The maximum Gasteiger partial charge on any atom is 3.00 e. The largest absolute Gasteiger partial charge is 3.00 e. The molecule has 0 aromatic carbocycles. The minimum atomic E-state index is 0. The van der Waals surface area contributed by atoms with Crippen molar-refractivity contribution in [2.75, 3.05) is 6.54 Å². The molecular formula is C10H16N3Ti. The number of aliphatic imine (C=N–C) groups is 2. The third kappa shape index (κ3) is 9.42. The van der Waals surface area contributed by atoms with Crippen molar-refractivity contribution in [3.8, 4) is 0 Å². The van der Waals surface area contributed by atoms with Crippen LogP contribution in [0.5, 0.6) is 0 Å². The molecule has 14 heavy (non-hydrogen) atoms. The maximum atomic E-state index is 5.16. The van der Waals surface area contributed by atoms with Crippen molar-refractivity contribution >= 4 is 12.2 Å². The van der Waals surface area contributed by atoms with Crippen molar-refractivity contribution in [1.29, 1.82) is 0 Å². The molecule has 75 valence electrons. The van der Waals surface area contributed by atoms with Gasteiger partial charge in [-0.1, -0.05) is 0 Å². The van der Waals surface area contributed by atoms with Crippen LogP contribution in [-0.2, 0) is 21.7 Å². The monoisotopic (exact) mass is 226 g/mol. The smallest absolute Gasteiger partial charge is 0.386 e. The van der Waals surface area contributed by atoms with Crippen LogP contribution in [0.1, 0.15) is 6.42 Å². The van der Waals surface area contributed by atoms with Gasteiger partial charge in [0.25, 0.3) is 0 Å². The zero-order valence-electron chi connectivity index (χ0n) is 8.70. The molecule has 0 saturated carbocycles. The third-order valence-electron chi connectivity index (χ3n) is 1.14. The van der Waals surface area contributed by atoms with E-state index in [2.05, 4.69) is 22.1 Å². The predicted molar refractivity (Wildman–Crippen MR) is 59.4 cm³/mol. The Morgan fingerprint density at radius 3 is 2.21 bits per heavy atom. The summed E-state index contributed by atoms with van der Waals surface area (Å²) in [6.45, 7) is 0.583. The SMILES string of the molecule is NC1=NC=NC1.[C-]1=CC=CC1.[CH3-].[CH3-].[Ti+3]. The average molecular weight is 226 g/mol. The van der Waals surface area contributed by atoms with Crippen molar-refractivity contribution in [3.05, 3.63) is 39.2 Å². The van der Waals surface area contributed by atoms with Gasteiger partial charge in [0.2, 0.25) is 0 Å². The molecule has 3 nitrogen and oxygen atoms in total. The van der Waals surface area contributed by atoms with E-state index in [1.54, 1.807) is 0 Å². The fraction of sp³-hybridized carbons (Fsp3) is 0.200. The predicted octanol–water partition coefficient (Wildman–Crippen LogP) is 1.59. The Morgan fingerprint density at radius 1 is 1.36 bits per heavy atom. The Kier molecular flexibility index (Phi) is 16.7. The number of nitrogens with zero attached hydrogens (tertiary/aromatic N) is 2. The van der Waals surface area contributed by atoms with Gasteiger partial charge in [0.05, 0.1) is 6.54 Å².